The summed E-state index contributed by atoms with van der Waals surface area (Å²) in [5.41, 5.74) is 0. The summed E-state index contributed by atoms with van der Waals surface area (Å²) in [6.45, 7) is 6.61. The molecule has 0 aromatic carbocycles. The normalized spacial score (nSPS) is 15.6. The van der Waals surface area contributed by atoms with Crippen LogP contribution in [0.3, 0.4) is 0 Å². The number of rotatable bonds is 18. The zero-order valence-corrected chi connectivity index (χ0v) is 17.1. The molecule has 3 atom stereocenters. The van der Waals surface area contributed by atoms with E-state index in [1.165, 1.54) is 70.6 Å². The Bertz CT molecular complexity index is 291. The van der Waals surface area contributed by atoms with Crippen LogP contribution in [0.2, 0.25) is 0 Å². The zero-order chi connectivity index (χ0) is 18.8. The van der Waals surface area contributed by atoms with E-state index in [2.05, 4.69) is 13.0 Å². The number of ether oxygens (including phenoxy) is 1. The summed E-state index contributed by atoms with van der Waals surface area (Å²) in [5, 5.41) is 19.8. The smallest absolute Gasteiger partial charge is 0.0826 e. The van der Waals surface area contributed by atoms with E-state index in [9.17, 15) is 10.2 Å². The van der Waals surface area contributed by atoms with Gasteiger partial charge in [-0.05, 0) is 26.7 Å². The maximum atomic E-state index is 9.91. The van der Waals surface area contributed by atoms with Crippen molar-refractivity contribution in [2.24, 2.45) is 0 Å². The van der Waals surface area contributed by atoms with Gasteiger partial charge in [-0.15, -0.1) is 0 Å². The van der Waals surface area contributed by atoms with Gasteiger partial charge >= 0.3 is 0 Å². The van der Waals surface area contributed by atoms with Crippen molar-refractivity contribution in [3.05, 3.63) is 12.2 Å². The number of aliphatic hydroxyl groups excluding tert-OH is 2. The molecule has 0 spiro atoms. The maximum absolute atomic E-state index is 9.91. The largest absolute Gasteiger partial charge is 0.390 e. The molecule has 2 N–H and O–H groups in total. The lowest BCUT2D eigenvalue weighted by molar-refractivity contribution is -0.0366. The van der Waals surface area contributed by atoms with Crippen molar-refractivity contribution in [1.82, 2.24) is 0 Å². The van der Waals surface area contributed by atoms with Gasteiger partial charge in [-0.1, -0.05) is 83.3 Å². The number of hydrogen-bond acceptors (Lipinski definition) is 3. The van der Waals surface area contributed by atoms with Crippen LogP contribution < -0.4 is 0 Å². The highest BCUT2D eigenvalue weighted by Gasteiger charge is 2.16. The fraction of sp³-hybridized carbons (Fsp3) is 0.909. The summed E-state index contributed by atoms with van der Waals surface area (Å²) in [6, 6.07) is 0. The summed E-state index contributed by atoms with van der Waals surface area (Å²) in [4.78, 5) is 0. The van der Waals surface area contributed by atoms with Gasteiger partial charge < -0.3 is 14.9 Å². The Balaban J connectivity index is 3.42. The van der Waals surface area contributed by atoms with Gasteiger partial charge in [0.05, 0.1) is 18.3 Å². The maximum Gasteiger partial charge on any atom is 0.0826 e. The lowest BCUT2D eigenvalue weighted by atomic mass is 10.0. The van der Waals surface area contributed by atoms with Crippen molar-refractivity contribution in [3.63, 3.8) is 0 Å². The van der Waals surface area contributed by atoms with E-state index >= 15 is 0 Å². The molecule has 25 heavy (non-hydrogen) atoms. The Kier molecular flexibility index (Phi) is 18.1. The first-order valence-corrected chi connectivity index (χ1v) is 10.8. The number of allylic oxidation sites excluding steroid dienone is 1. The number of unbranched alkanes of at least 4 members (excludes halogenated alkanes) is 11. The first-order chi connectivity index (χ1) is 12.1. The minimum atomic E-state index is -0.610. The minimum Gasteiger partial charge on any atom is -0.390 e. The van der Waals surface area contributed by atoms with Gasteiger partial charge in [-0.2, -0.15) is 0 Å². The predicted octanol–water partition coefficient (Wildman–Crippen LogP) is 5.78. The first kappa shape index (κ1) is 24.6. The second-order valence-electron chi connectivity index (χ2n) is 7.28. The van der Waals surface area contributed by atoms with Gasteiger partial charge in [0.25, 0.3) is 0 Å². The fourth-order valence-electron chi connectivity index (χ4n) is 3.07. The number of hydrogen-bond donors (Lipinski definition) is 2. The van der Waals surface area contributed by atoms with Crippen LogP contribution in [-0.2, 0) is 4.74 Å². The average Bonchev–Trinajstić information content (AvgIpc) is 2.59. The van der Waals surface area contributed by atoms with E-state index in [0.29, 0.717) is 13.0 Å². The van der Waals surface area contributed by atoms with Crippen LogP contribution in [-0.4, -0.2) is 35.1 Å². The molecule has 0 bridgehead atoms. The molecule has 150 valence electrons. The van der Waals surface area contributed by atoms with Crippen LogP contribution in [0, 0.1) is 0 Å². The molecular formula is C22H44O3. The molecule has 0 amide bonds. The first-order valence-electron chi connectivity index (χ1n) is 10.8. The topological polar surface area (TPSA) is 49.7 Å². The molecule has 3 nitrogen and oxygen atoms in total. The van der Waals surface area contributed by atoms with Gasteiger partial charge in [0.1, 0.15) is 0 Å². The van der Waals surface area contributed by atoms with Crippen molar-refractivity contribution < 1.29 is 14.9 Å². The molecule has 0 heterocycles. The van der Waals surface area contributed by atoms with Gasteiger partial charge in [0.15, 0.2) is 0 Å². The van der Waals surface area contributed by atoms with Gasteiger partial charge in [-0.25, -0.2) is 0 Å². The molecule has 3 heteroatoms. The van der Waals surface area contributed by atoms with Crippen molar-refractivity contribution in [2.75, 3.05) is 6.61 Å². The average molecular weight is 357 g/mol. The second kappa shape index (κ2) is 18.4. The zero-order valence-electron chi connectivity index (χ0n) is 17.1. The number of aliphatic hydroxyl groups is 2. The van der Waals surface area contributed by atoms with E-state index < -0.39 is 12.2 Å². The third-order valence-corrected chi connectivity index (χ3v) is 4.79. The molecular weight excluding hydrogens is 312 g/mol. The summed E-state index contributed by atoms with van der Waals surface area (Å²) in [7, 11) is 0. The van der Waals surface area contributed by atoms with E-state index in [-0.39, 0.29) is 6.10 Å². The molecule has 0 saturated carbocycles. The van der Waals surface area contributed by atoms with Gasteiger partial charge in [0, 0.05) is 13.0 Å². The Morgan fingerprint density at radius 3 is 1.84 bits per heavy atom. The van der Waals surface area contributed by atoms with Crippen LogP contribution in [0.25, 0.3) is 0 Å². The standard InChI is InChI=1S/C22H44O3/c1-4-6-7-8-9-10-11-12-13-14-15-16-17-18-21(23)19-22(24)20(3)25-5-2/h17-18,20-24H,4-16,19H2,1-3H3. The van der Waals surface area contributed by atoms with Gasteiger partial charge in [0.2, 0.25) is 0 Å². The molecule has 0 aromatic heterocycles. The summed E-state index contributed by atoms with van der Waals surface area (Å²) >= 11 is 0. The van der Waals surface area contributed by atoms with Crippen LogP contribution in [0.15, 0.2) is 12.2 Å². The molecule has 0 aliphatic rings. The molecule has 0 aliphatic heterocycles. The molecule has 3 unspecified atom stereocenters. The lowest BCUT2D eigenvalue weighted by Crippen LogP contribution is -2.29. The SMILES string of the molecule is CCCCCCCCCCCCCC=CC(O)CC(O)C(C)OCC. The highest BCUT2D eigenvalue weighted by molar-refractivity contribution is 4.90. The fourth-order valence-corrected chi connectivity index (χ4v) is 3.07. The Hall–Kier alpha value is -0.380. The van der Waals surface area contributed by atoms with Crippen LogP contribution in [0.4, 0.5) is 0 Å². The third kappa shape index (κ3) is 16.8. The molecule has 0 saturated heterocycles. The summed E-state index contributed by atoms with van der Waals surface area (Å²) in [5.74, 6) is 0. The van der Waals surface area contributed by atoms with Crippen molar-refractivity contribution in [2.45, 2.75) is 123 Å². The molecule has 0 radical (unpaired) electrons. The minimum absolute atomic E-state index is 0.223. The van der Waals surface area contributed by atoms with Gasteiger partial charge in [-0.3, -0.25) is 0 Å². The van der Waals surface area contributed by atoms with Crippen LogP contribution in [0.5, 0.6) is 0 Å². The lowest BCUT2D eigenvalue weighted by Gasteiger charge is -2.20. The Morgan fingerprint density at radius 2 is 1.32 bits per heavy atom. The van der Waals surface area contributed by atoms with E-state index in [0.717, 1.165) is 6.42 Å². The van der Waals surface area contributed by atoms with Crippen LogP contribution in [0.1, 0.15) is 104 Å². The monoisotopic (exact) mass is 356 g/mol. The van der Waals surface area contributed by atoms with E-state index in [1.54, 1.807) is 0 Å². The molecule has 0 aliphatic carbocycles. The summed E-state index contributed by atoms with van der Waals surface area (Å²) < 4.78 is 5.34. The highest BCUT2D eigenvalue weighted by atomic mass is 16.5. The predicted molar refractivity (Wildman–Crippen MR) is 108 cm³/mol. The Labute approximate surface area is 156 Å². The quantitative estimate of drug-likeness (QED) is 0.242. The van der Waals surface area contributed by atoms with Crippen LogP contribution >= 0.6 is 0 Å². The second-order valence-corrected chi connectivity index (χ2v) is 7.28. The van der Waals surface area contributed by atoms with Crippen molar-refractivity contribution >= 4 is 0 Å². The molecule has 0 aromatic rings. The van der Waals surface area contributed by atoms with E-state index in [1.807, 2.05) is 19.9 Å². The van der Waals surface area contributed by atoms with Crippen molar-refractivity contribution in [1.29, 1.82) is 0 Å². The Morgan fingerprint density at radius 1 is 0.800 bits per heavy atom. The van der Waals surface area contributed by atoms with Crippen molar-refractivity contribution in [3.8, 4) is 0 Å². The molecule has 0 rings (SSSR count). The third-order valence-electron chi connectivity index (χ3n) is 4.79. The summed E-state index contributed by atoms with van der Waals surface area (Å²) in [6.07, 6.45) is 18.7. The van der Waals surface area contributed by atoms with E-state index in [4.69, 9.17) is 4.74 Å². The highest BCUT2D eigenvalue weighted by Crippen LogP contribution is 2.12. The molecule has 0 fully saturated rings.